The summed E-state index contributed by atoms with van der Waals surface area (Å²) in [5, 5.41) is 7.14. The Morgan fingerprint density at radius 3 is 2.65 bits per heavy atom. The molecule has 1 amide bonds. The molecule has 0 unspecified atom stereocenters. The van der Waals surface area contributed by atoms with Gasteiger partial charge in [0.1, 0.15) is 5.82 Å². The highest BCUT2D eigenvalue weighted by Crippen LogP contribution is 2.20. The van der Waals surface area contributed by atoms with Crippen molar-refractivity contribution in [1.29, 1.82) is 0 Å². The second kappa shape index (κ2) is 5.72. The van der Waals surface area contributed by atoms with Crippen molar-refractivity contribution in [2.24, 2.45) is 0 Å². The fourth-order valence-corrected chi connectivity index (χ4v) is 2.57. The summed E-state index contributed by atoms with van der Waals surface area (Å²) in [5.41, 5.74) is 4.22. The van der Waals surface area contributed by atoms with Gasteiger partial charge in [-0.15, -0.1) is 0 Å². The van der Waals surface area contributed by atoms with Crippen molar-refractivity contribution >= 4 is 22.9 Å². The molecular weight excluding hydrogens is 290 g/mol. The molecule has 0 radical (unpaired) electrons. The molecular formula is C17H19N5O. The summed E-state index contributed by atoms with van der Waals surface area (Å²) in [7, 11) is 3.97. The van der Waals surface area contributed by atoms with Crippen molar-refractivity contribution in [2.75, 3.05) is 24.3 Å². The highest BCUT2D eigenvalue weighted by atomic mass is 16.1. The van der Waals surface area contributed by atoms with Crippen molar-refractivity contribution in [3.63, 3.8) is 0 Å². The van der Waals surface area contributed by atoms with Gasteiger partial charge in [0.2, 0.25) is 0 Å². The minimum atomic E-state index is -0.144. The molecule has 0 bridgehead atoms. The van der Waals surface area contributed by atoms with Crippen molar-refractivity contribution in [3.05, 3.63) is 53.5 Å². The first-order chi connectivity index (χ1) is 10.9. The van der Waals surface area contributed by atoms with Crippen LogP contribution in [0, 0.1) is 13.8 Å². The average Bonchev–Trinajstić information content (AvgIpc) is 2.86. The van der Waals surface area contributed by atoms with Gasteiger partial charge >= 0.3 is 0 Å². The lowest BCUT2D eigenvalue weighted by Gasteiger charge is -2.16. The van der Waals surface area contributed by atoms with Gasteiger partial charge in [-0.3, -0.25) is 4.79 Å². The molecule has 0 saturated heterocycles. The second-order valence-corrected chi connectivity index (χ2v) is 5.73. The SMILES string of the molecule is Cc1nc2ccc(NC(=O)c3ccc(N(C)C)c(C)c3)cn2n1. The predicted molar refractivity (Wildman–Crippen MR) is 91.2 cm³/mol. The van der Waals surface area contributed by atoms with Crippen LogP contribution in [0.25, 0.3) is 5.65 Å². The van der Waals surface area contributed by atoms with E-state index in [1.807, 2.05) is 63.2 Å². The summed E-state index contributed by atoms with van der Waals surface area (Å²) in [6.45, 7) is 3.83. The van der Waals surface area contributed by atoms with E-state index in [0.717, 1.165) is 16.9 Å². The predicted octanol–water partition coefficient (Wildman–Crippen LogP) is 2.66. The zero-order valence-electron chi connectivity index (χ0n) is 13.7. The van der Waals surface area contributed by atoms with Crippen LogP contribution in [-0.2, 0) is 0 Å². The van der Waals surface area contributed by atoms with Crippen LogP contribution in [0.15, 0.2) is 36.5 Å². The van der Waals surface area contributed by atoms with E-state index >= 15 is 0 Å². The topological polar surface area (TPSA) is 62.5 Å². The van der Waals surface area contributed by atoms with Gasteiger partial charge in [-0.1, -0.05) is 0 Å². The van der Waals surface area contributed by atoms with E-state index in [0.29, 0.717) is 17.1 Å². The number of amides is 1. The Bertz CT molecular complexity index is 882. The van der Waals surface area contributed by atoms with Gasteiger partial charge in [0.15, 0.2) is 5.65 Å². The third-order valence-electron chi connectivity index (χ3n) is 3.64. The number of pyridine rings is 1. The zero-order chi connectivity index (χ0) is 16.6. The maximum absolute atomic E-state index is 12.4. The number of aromatic nitrogens is 3. The molecule has 0 aliphatic heterocycles. The van der Waals surface area contributed by atoms with Gasteiger partial charge in [-0.25, -0.2) is 9.50 Å². The maximum atomic E-state index is 12.4. The highest BCUT2D eigenvalue weighted by molar-refractivity contribution is 6.04. The Morgan fingerprint density at radius 2 is 1.96 bits per heavy atom. The number of nitrogens with one attached hydrogen (secondary N) is 1. The molecule has 23 heavy (non-hydrogen) atoms. The summed E-state index contributed by atoms with van der Waals surface area (Å²) < 4.78 is 1.66. The van der Waals surface area contributed by atoms with E-state index in [9.17, 15) is 4.79 Å². The highest BCUT2D eigenvalue weighted by Gasteiger charge is 2.10. The molecule has 2 aromatic heterocycles. The summed E-state index contributed by atoms with van der Waals surface area (Å²) in [6, 6.07) is 9.32. The van der Waals surface area contributed by atoms with Crippen LogP contribution in [0.4, 0.5) is 11.4 Å². The Labute approximate surface area is 134 Å². The van der Waals surface area contributed by atoms with E-state index in [-0.39, 0.29) is 5.91 Å². The summed E-state index contributed by atoms with van der Waals surface area (Å²) in [6.07, 6.45) is 1.76. The molecule has 0 spiro atoms. The fourth-order valence-electron chi connectivity index (χ4n) is 2.57. The zero-order valence-corrected chi connectivity index (χ0v) is 13.7. The number of hydrogen-bond donors (Lipinski definition) is 1. The molecule has 0 fully saturated rings. The fraction of sp³-hybridized carbons (Fsp3) is 0.235. The standard InChI is InChI=1S/C17H19N5O/c1-11-9-13(5-7-15(11)21(3)4)17(23)19-14-6-8-16-18-12(2)20-22(16)10-14/h5-10H,1-4H3,(H,19,23). The minimum Gasteiger partial charge on any atom is -0.377 e. The largest absolute Gasteiger partial charge is 0.377 e. The van der Waals surface area contributed by atoms with Gasteiger partial charge in [-0.2, -0.15) is 5.10 Å². The number of nitrogens with zero attached hydrogens (tertiary/aromatic N) is 4. The molecule has 0 aliphatic rings. The van der Waals surface area contributed by atoms with Gasteiger partial charge < -0.3 is 10.2 Å². The van der Waals surface area contributed by atoms with Crippen molar-refractivity contribution in [3.8, 4) is 0 Å². The molecule has 0 saturated carbocycles. The van der Waals surface area contributed by atoms with Crippen LogP contribution >= 0.6 is 0 Å². The second-order valence-electron chi connectivity index (χ2n) is 5.73. The Kier molecular flexibility index (Phi) is 3.73. The number of benzene rings is 1. The third kappa shape index (κ3) is 3.01. The van der Waals surface area contributed by atoms with Gasteiger partial charge in [-0.05, 0) is 49.7 Å². The first-order valence-electron chi connectivity index (χ1n) is 7.36. The van der Waals surface area contributed by atoms with Crippen LogP contribution in [-0.4, -0.2) is 34.6 Å². The summed E-state index contributed by atoms with van der Waals surface area (Å²) >= 11 is 0. The molecule has 118 valence electrons. The van der Waals surface area contributed by atoms with E-state index in [1.54, 1.807) is 10.7 Å². The van der Waals surface area contributed by atoms with Crippen LogP contribution < -0.4 is 10.2 Å². The van der Waals surface area contributed by atoms with Crippen molar-refractivity contribution in [1.82, 2.24) is 14.6 Å². The van der Waals surface area contributed by atoms with Gasteiger partial charge in [0, 0.05) is 25.3 Å². The summed E-state index contributed by atoms with van der Waals surface area (Å²) in [4.78, 5) is 18.7. The monoisotopic (exact) mass is 309 g/mol. The van der Waals surface area contributed by atoms with Crippen molar-refractivity contribution < 1.29 is 4.79 Å². The van der Waals surface area contributed by atoms with Crippen LogP contribution in [0.5, 0.6) is 0 Å². The quantitative estimate of drug-likeness (QED) is 0.808. The number of carbonyl (C=O) groups is 1. The Morgan fingerprint density at radius 1 is 1.17 bits per heavy atom. The summed E-state index contributed by atoms with van der Waals surface area (Å²) in [5.74, 6) is 0.554. The molecule has 1 N–H and O–H groups in total. The van der Waals surface area contributed by atoms with Crippen molar-refractivity contribution in [2.45, 2.75) is 13.8 Å². The number of aryl methyl sites for hydroxylation is 2. The smallest absolute Gasteiger partial charge is 0.255 e. The first-order valence-corrected chi connectivity index (χ1v) is 7.36. The van der Waals surface area contributed by atoms with Crippen LogP contribution in [0.2, 0.25) is 0 Å². The molecule has 3 rings (SSSR count). The van der Waals surface area contributed by atoms with E-state index in [4.69, 9.17) is 0 Å². The molecule has 6 nitrogen and oxygen atoms in total. The molecule has 2 heterocycles. The number of hydrogen-bond acceptors (Lipinski definition) is 4. The van der Waals surface area contributed by atoms with E-state index in [1.165, 1.54) is 0 Å². The Balaban J connectivity index is 1.83. The maximum Gasteiger partial charge on any atom is 0.255 e. The van der Waals surface area contributed by atoms with E-state index < -0.39 is 0 Å². The Hall–Kier alpha value is -2.89. The van der Waals surface area contributed by atoms with E-state index in [2.05, 4.69) is 15.4 Å². The normalized spacial score (nSPS) is 10.8. The lowest BCUT2D eigenvalue weighted by atomic mass is 10.1. The third-order valence-corrected chi connectivity index (χ3v) is 3.64. The van der Waals surface area contributed by atoms with Gasteiger partial charge in [0.05, 0.1) is 11.9 Å². The first kappa shape index (κ1) is 15.0. The molecule has 3 aromatic rings. The van der Waals surface area contributed by atoms with Gasteiger partial charge in [0.25, 0.3) is 5.91 Å². The molecule has 0 atom stereocenters. The lowest BCUT2D eigenvalue weighted by molar-refractivity contribution is 0.102. The minimum absolute atomic E-state index is 0.144. The number of anilines is 2. The number of rotatable bonds is 3. The number of fused-ring (bicyclic) bond motifs is 1. The lowest BCUT2D eigenvalue weighted by Crippen LogP contribution is -2.14. The average molecular weight is 309 g/mol. The molecule has 6 heteroatoms. The molecule has 1 aromatic carbocycles. The van der Waals surface area contributed by atoms with Crippen LogP contribution in [0.3, 0.4) is 0 Å². The molecule has 0 aliphatic carbocycles. The van der Waals surface area contributed by atoms with Crippen LogP contribution in [0.1, 0.15) is 21.7 Å². The number of carbonyl (C=O) groups excluding carboxylic acids is 1.